The third-order valence-corrected chi connectivity index (χ3v) is 7.69. The van der Waals surface area contributed by atoms with Gasteiger partial charge in [-0.05, 0) is 63.1 Å². The number of hydrogen-bond acceptors (Lipinski definition) is 5. The van der Waals surface area contributed by atoms with Gasteiger partial charge in [-0.3, -0.25) is 0 Å². The lowest BCUT2D eigenvalue weighted by molar-refractivity contribution is 0.277. The number of benzene rings is 2. The molecule has 1 aliphatic heterocycles. The second-order valence-corrected chi connectivity index (χ2v) is 9.77. The Morgan fingerprint density at radius 2 is 1.28 bits per heavy atom. The van der Waals surface area contributed by atoms with E-state index in [1.165, 1.54) is 12.8 Å². The molecule has 0 bridgehead atoms. The fraction of sp³-hybridized carbons (Fsp3) is 0.333. The zero-order chi connectivity index (χ0) is 22.4. The largest absolute Gasteiger partial charge is 0.427 e. The number of hydrogen-bond donors (Lipinski definition) is 1. The first-order valence-electron chi connectivity index (χ1n) is 11.0. The maximum Gasteiger partial charge on any atom is 0.384 e. The summed E-state index contributed by atoms with van der Waals surface area (Å²) in [6.07, 6.45) is 4.31. The molecular weight excluding hydrogens is 442 g/mol. The Balaban J connectivity index is 0.000000207. The summed E-state index contributed by atoms with van der Waals surface area (Å²) in [6, 6.07) is 23.7. The molecule has 1 saturated heterocycles. The molecule has 2 heterocycles. The number of nitrogens with one attached hydrogen (secondary N) is 1. The van der Waals surface area contributed by atoms with Crippen molar-refractivity contribution in [1.29, 1.82) is 0 Å². The molecule has 1 aromatic heterocycles. The van der Waals surface area contributed by atoms with Crippen LogP contribution in [0.4, 0.5) is 0 Å². The lowest BCUT2D eigenvalue weighted by Gasteiger charge is -2.25. The molecule has 3 aromatic rings. The van der Waals surface area contributed by atoms with Crippen molar-refractivity contribution < 1.29 is 18.1 Å². The van der Waals surface area contributed by atoms with Crippen LogP contribution in [0.15, 0.2) is 79.0 Å². The molecular formula is C24H32N2O4P2. The fourth-order valence-corrected chi connectivity index (χ4v) is 5.68. The van der Waals surface area contributed by atoms with E-state index in [1.807, 2.05) is 92.8 Å². The zero-order valence-electron chi connectivity index (χ0n) is 18.7. The van der Waals surface area contributed by atoms with Crippen LogP contribution in [0.3, 0.4) is 0 Å². The van der Waals surface area contributed by atoms with Crippen LogP contribution in [0.25, 0.3) is 0 Å². The minimum Gasteiger partial charge on any atom is -0.427 e. The standard InChI is InChI=1S/C16H18NO2P.C8H14NO2P/c1-3-9-15(10-4-1)18-20(17-13-7-8-14-17)19-16-11-5-2-6-12-16;1-3-10-12(11-4-2)8-6-5-7-9-8/h1-6,9-12H,7-8,13-14H2;5-7,9H,3-4H2,1-2H3. The van der Waals surface area contributed by atoms with Crippen LogP contribution in [-0.2, 0) is 9.05 Å². The van der Waals surface area contributed by atoms with Gasteiger partial charge < -0.3 is 23.1 Å². The Kier molecular flexibility index (Phi) is 11.0. The van der Waals surface area contributed by atoms with E-state index in [1.54, 1.807) is 0 Å². The highest BCUT2D eigenvalue weighted by Gasteiger charge is 2.27. The fourth-order valence-electron chi connectivity index (χ4n) is 2.99. The summed E-state index contributed by atoms with van der Waals surface area (Å²) >= 11 is 0. The van der Waals surface area contributed by atoms with E-state index < -0.39 is 16.9 Å². The van der Waals surface area contributed by atoms with E-state index >= 15 is 0 Å². The molecule has 32 heavy (non-hydrogen) atoms. The molecule has 6 nitrogen and oxygen atoms in total. The number of rotatable bonds is 10. The minimum atomic E-state index is -1.08. The van der Waals surface area contributed by atoms with Gasteiger partial charge in [-0.2, -0.15) is 0 Å². The summed E-state index contributed by atoms with van der Waals surface area (Å²) in [7, 11) is -1.96. The van der Waals surface area contributed by atoms with E-state index in [2.05, 4.69) is 9.65 Å². The first kappa shape index (κ1) is 24.7. The van der Waals surface area contributed by atoms with Crippen molar-refractivity contribution in [2.75, 3.05) is 26.3 Å². The highest BCUT2D eigenvalue weighted by atomic mass is 31.2. The normalized spacial score (nSPS) is 13.8. The molecule has 2 aromatic carbocycles. The van der Waals surface area contributed by atoms with Gasteiger partial charge >= 0.3 is 8.53 Å². The predicted molar refractivity (Wildman–Crippen MR) is 132 cm³/mol. The van der Waals surface area contributed by atoms with Crippen molar-refractivity contribution in [1.82, 2.24) is 9.65 Å². The first-order chi connectivity index (χ1) is 15.8. The Bertz CT molecular complexity index is 799. The van der Waals surface area contributed by atoms with E-state index in [4.69, 9.17) is 18.1 Å². The molecule has 1 aliphatic rings. The first-order valence-corrected chi connectivity index (χ1v) is 13.3. The Labute approximate surface area is 193 Å². The molecule has 172 valence electrons. The van der Waals surface area contributed by atoms with Crippen LogP contribution < -0.4 is 14.5 Å². The second-order valence-electron chi connectivity index (χ2n) is 6.86. The van der Waals surface area contributed by atoms with Crippen molar-refractivity contribution in [3.05, 3.63) is 79.0 Å². The van der Waals surface area contributed by atoms with Gasteiger partial charge in [0.2, 0.25) is 8.38 Å². The van der Waals surface area contributed by atoms with Gasteiger partial charge in [0, 0.05) is 19.3 Å². The minimum absolute atomic E-state index is 0.685. The van der Waals surface area contributed by atoms with Gasteiger partial charge in [-0.25, -0.2) is 4.67 Å². The van der Waals surface area contributed by atoms with Gasteiger partial charge in [-0.1, -0.05) is 36.4 Å². The molecule has 0 aliphatic carbocycles. The highest BCUT2D eigenvalue weighted by Crippen LogP contribution is 2.45. The van der Waals surface area contributed by atoms with Crippen molar-refractivity contribution in [3.63, 3.8) is 0 Å². The van der Waals surface area contributed by atoms with Crippen molar-refractivity contribution >= 4 is 22.3 Å². The van der Waals surface area contributed by atoms with Gasteiger partial charge in [0.05, 0.1) is 18.6 Å². The van der Waals surface area contributed by atoms with Gasteiger partial charge in [-0.15, -0.1) is 0 Å². The molecule has 0 amide bonds. The van der Waals surface area contributed by atoms with E-state index in [9.17, 15) is 0 Å². The highest BCUT2D eigenvalue weighted by molar-refractivity contribution is 7.55. The SMILES string of the molecule is CCOP(OCC)c1ccc[nH]1.c1ccc(OP(Oc2ccccc2)N2CCCC2)cc1. The van der Waals surface area contributed by atoms with Crippen molar-refractivity contribution in [2.45, 2.75) is 26.7 Å². The van der Waals surface area contributed by atoms with Gasteiger partial charge in [0.1, 0.15) is 11.5 Å². The van der Waals surface area contributed by atoms with Gasteiger partial charge in [0.15, 0.2) is 0 Å². The average Bonchev–Trinajstić information content (AvgIpc) is 3.55. The predicted octanol–water partition coefficient (Wildman–Crippen LogP) is 6.49. The van der Waals surface area contributed by atoms with Crippen LogP contribution >= 0.6 is 16.9 Å². The molecule has 1 fully saturated rings. The molecule has 4 rings (SSSR count). The number of para-hydroxylation sites is 2. The summed E-state index contributed by atoms with van der Waals surface area (Å²) in [5, 5.41) is 0. The van der Waals surface area contributed by atoms with Crippen LogP contribution in [0.1, 0.15) is 26.7 Å². The summed E-state index contributed by atoms with van der Waals surface area (Å²) in [5.74, 6) is 1.72. The van der Waals surface area contributed by atoms with E-state index in [-0.39, 0.29) is 0 Å². The monoisotopic (exact) mass is 474 g/mol. The number of aromatic amines is 1. The smallest absolute Gasteiger partial charge is 0.384 e. The maximum absolute atomic E-state index is 6.07. The maximum atomic E-state index is 6.07. The van der Waals surface area contributed by atoms with Gasteiger partial charge in [0.25, 0.3) is 0 Å². The molecule has 0 radical (unpaired) electrons. The Hall–Kier alpha value is -1.94. The molecule has 0 saturated carbocycles. The lowest BCUT2D eigenvalue weighted by Crippen LogP contribution is -2.18. The number of aromatic nitrogens is 1. The summed E-state index contributed by atoms with van der Waals surface area (Å²) in [5.41, 5.74) is 1.04. The van der Waals surface area contributed by atoms with Crippen molar-refractivity contribution in [3.8, 4) is 11.5 Å². The van der Waals surface area contributed by atoms with E-state index in [0.29, 0.717) is 13.2 Å². The van der Waals surface area contributed by atoms with Crippen LogP contribution in [0.5, 0.6) is 11.5 Å². The average molecular weight is 474 g/mol. The summed E-state index contributed by atoms with van der Waals surface area (Å²) in [6.45, 7) is 7.40. The topological polar surface area (TPSA) is 56.0 Å². The Morgan fingerprint density at radius 3 is 1.72 bits per heavy atom. The summed E-state index contributed by atoms with van der Waals surface area (Å²) < 4.78 is 25.3. The second kappa shape index (κ2) is 14.3. The summed E-state index contributed by atoms with van der Waals surface area (Å²) in [4.78, 5) is 3.09. The molecule has 0 spiro atoms. The molecule has 0 atom stereocenters. The van der Waals surface area contributed by atoms with Crippen LogP contribution in [0, 0.1) is 0 Å². The van der Waals surface area contributed by atoms with Crippen LogP contribution in [-0.4, -0.2) is 36.0 Å². The molecule has 1 N–H and O–H groups in total. The Morgan fingerprint density at radius 1 is 0.750 bits per heavy atom. The third-order valence-electron chi connectivity index (χ3n) is 4.44. The lowest BCUT2D eigenvalue weighted by atomic mass is 10.3. The number of nitrogens with zero attached hydrogens (tertiary/aromatic N) is 1. The zero-order valence-corrected chi connectivity index (χ0v) is 20.5. The molecule has 8 heteroatoms. The quantitative estimate of drug-likeness (QED) is 0.340. The third kappa shape index (κ3) is 8.20. The van der Waals surface area contributed by atoms with E-state index in [0.717, 1.165) is 30.0 Å². The van der Waals surface area contributed by atoms with Crippen molar-refractivity contribution in [2.24, 2.45) is 0 Å². The molecule has 0 unspecified atom stereocenters. The van der Waals surface area contributed by atoms with Crippen LogP contribution in [0.2, 0.25) is 0 Å². The number of H-pyrrole nitrogens is 1.